The van der Waals surface area contributed by atoms with E-state index in [1.165, 1.54) is 57.8 Å². The molecule has 1 aromatic heterocycles. The predicted molar refractivity (Wildman–Crippen MR) is 82.0 cm³/mol. The van der Waals surface area contributed by atoms with Gasteiger partial charge in [-0.25, -0.2) is 0 Å². The minimum atomic E-state index is -0.140. The van der Waals surface area contributed by atoms with Crippen LogP contribution in [-0.4, -0.2) is 10.3 Å². The van der Waals surface area contributed by atoms with Crippen molar-refractivity contribution < 1.29 is 4.63 Å². The van der Waals surface area contributed by atoms with Gasteiger partial charge in [-0.3, -0.25) is 9.42 Å². The van der Waals surface area contributed by atoms with Gasteiger partial charge in [0.2, 0.25) is 0 Å². The molecule has 0 bridgehead atoms. The van der Waals surface area contributed by atoms with Crippen LogP contribution in [0.1, 0.15) is 96.1 Å². The summed E-state index contributed by atoms with van der Waals surface area (Å²) < 4.78 is 4.71. The third-order valence-corrected chi connectivity index (χ3v) is 3.96. The van der Waals surface area contributed by atoms with Crippen molar-refractivity contribution in [1.82, 2.24) is 10.3 Å². The largest absolute Gasteiger partial charge is 0.304 e. The molecule has 0 aliphatic rings. The molecule has 1 unspecified atom stereocenters. The van der Waals surface area contributed by atoms with Crippen molar-refractivity contribution in [3.05, 3.63) is 16.0 Å². The number of unbranched alkanes of at least 4 members (excludes halogenated alkanes) is 7. The van der Waals surface area contributed by atoms with Gasteiger partial charge in [-0.1, -0.05) is 76.8 Å². The molecule has 0 aliphatic heterocycles. The van der Waals surface area contributed by atoms with E-state index in [9.17, 15) is 4.79 Å². The molecule has 1 rings (SSSR count). The summed E-state index contributed by atoms with van der Waals surface area (Å²) in [4.78, 5) is 11.7. The monoisotopic (exact) mass is 282 g/mol. The Morgan fingerprint density at radius 1 is 0.950 bits per heavy atom. The summed E-state index contributed by atoms with van der Waals surface area (Å²) in [6.45, 7) is 4.44. The Morgan fingerprint density at radius 2 is 1.50 bits per heavy atom. The summed E-state index contributed by atoms with van der Waals surface area (Å²) in [5.74, 6) is 0.274. The number of hydrogen-bond donors (Lipinski definition) is 1. The van der Waals surface area contributed by atoms with Crippen LogP contribution >= 0.6 is 0 Å². The minimum absolute atomic E-state index is 0.140. The topological polar surface area (TPSA) is 58.9 Å². The first-order valence-corrected chi connectivity index (χ1v) is 8.33. The number of nitrogens with zero attached hydrogens (tertiary/aromatic N) is 1. The Bertz CT molecular complexity index is 384. The summed E-state index contributed by atoms with van der Waals surface area (Å²) in [5.41, 5.74) is 0.469. The number of aromatic nitrogens is 2. The predicted octanol–water partition coefficient (Wildman–Crippen LogP) is 4.78. The number of aromatic amines is 1. The van der Waals surface area contributed by atoms with Gasteiger partial charge >= 0.3 is 5.56 Å². The fourth-order valence-electron chi connectivity index (χ4n) is 2.70. The molecule has 0 aliphatic carbocycles. The van der Waals surface area contributed by atoms with Crippen LogP contribution in [-0.2, 0) is 0 Å². The zero-order chi connectivity index (χ0) is 14.6. The molecule has 0 radical (unpaired) electrons. The van der Waals surface area contributed by atoms with Gasteiger partial charge in [-0.2, -0.15) is 5.16 Å². The van der Waals surface area contributed by atoms with Crippen molar-refractivity contribution in [1.29, 1.82) is 0 Å². The van der Waals surface area contributed by atoms with Gasteiger partial charge in [-0.05, 0) is 12.8 Å². The molecule has 0 saturated heterocycles. The number of hydrogen-bond acceptors (Lipinski definition) is 3. The van der Waals surface area contributed by atoms with Crippen LogP contribution in [0, 0.1) is 0 Å². The SMILES string of the molecule is CCCCCCCC(CCCCCC)c1no[nH]c1=O. The number of nitrogens with one attached hydrogen (secondary N) is 1. The third-order valence-electron chi connectivity index (χ3n) is 3.96. The van der Waals surface area contributed by atoms with Crippen molar-refractivity contribution in [3.63, 3.8) is 0 Å². The molecular weight excluding hydrogens is 252 g/mol. The third kappa shape index (κ3) is 6.40. The van der Waals surface area contributed by atoms with Crippen LogP contribution < -0.4 is 5.56 Å². The van der Waals surface area contributed by atoms with E-state index in [0.29, 0.717) is 5.69 Å². The lowest BCUT2D eigenvalue weighted by Gasteiger charge is -2.12. The summed E-state index contributed by atoms with van der Waals surface area (Å²) in [6.07, 6.45) is 13.4. The maximum Gasteiger partial charge on any atom is 0.304 e. The van der Waals surface area contributed by atoms with Gasteiger partial charge < -0.3 is 0 Å². The fraction of sp³-hybridized carbons (Fsp3) is 0.875. The lowest BCUT2D eigenvalue weighted by Crippen LogP contribution is -2.12. The molecule has 0 spiro atoms. The van der Waals surface area contributed by atoms with Gasteiger partial charge in [0.15, 0.2) is 5.69 Å². The molecule has 1 atom stereocenters. The molecule has 0 saturated carbocycles. The molecule has 0 fully saturated rings. The van der Waals surface area contributed by atoms with E-state index in [1.807, 2.05) is 0 Å². The lowest BCUT2D eigenvalue weighted by atomic mass is 9.92. The highest BCUT2D eigenvalue weighted by Crippen LogP contribution is 2.25. The second kappa shape index (κ2) is 10.7. The van der Waals surface area contributed by atoms with Gasteiger partial charge in [-0.15, -0.1) is 0 Å². The quantitative estimate of drug-likeness (QED) is 0.561. The van der Waals surface area contributed by atoms with Gasteiger partial charge in [0.1, 0.15) is 0 Å². The molecule has 1 aromatic rings. The van der Waals surface area contributed by atoms with Crippen LogP contribution in [0.15, 0.2) is 9.42 Å². The molecule has 1 heterocycles. The van der Waals surface area contributed by atoms with E-state index in [0.717, 1.165) is 12.8 Å². The van der Waals surface area contributed by atoms with Crippen LogP contribution in [0.2, 0.25) is 0 Å². The molecule has 0 aromatic carbocycles. The van der Waals surface area contributed by atoms with E-state index >= 15 is 0 Å². The highest BCUT2D eigenvalue weighted by molar-refractivity contribution is 5.00. The molecule has 4 heteroatoms. The first-order valence-electron chi connectivity index (χ1n) is 8.33. The maximum absolute atomic E-state index is 11.7. The Balaban J connectivity index is 2.39. The van der Waals surface area contributed by atoms with E-state index < -0.39 is 0 Å². The van der Waals surface area contributed by atoms with Gasteiger partial charge in [0.05, 0.1) is 0 Å². The van der Waals surface area contributed by atoms with Crippen molar-refractivity contribution in [2.24, 2.45) is 0 Å². The van der Waals surface area contributed by atoms with Crippen molar-refractivity contribution in [2.75, 3.05) is 0 Å². The van der Waals surface area contributed by atoms with Crippen LogP contribution in [0.25, 0.3) is 0 Å². The molecule has 0 amide bonds. The summed E-state index contributed by atoms with van der Waals surface area (Å²) in [7, 11) is 0. The first kappa shape index (κ1) is 17.0. The Kier molecular flexibility index (Phi) is 9.09. The maximum atomic E-state index is 11.7. The van der Waals surface area contributed by atoms with Crippen LogP contribution in [0.3, 0.4) is 0 Å². The second-order valence-corrected chi connectivity index (χ2v) is 5.75. The smallest absolute Gasteiger partial charge is 0.267 e. The minimum Gasteiger partial charge on any atom is -0.267 e. The highest BCUT2D eigenvalue weighted by Gasteiger charge is 2.18. The molecular formula is C16H30N2O2. The summed E-state index contributed by atoms with van der Waals surface area (Å²) in [5, 5.41) is 6.21. The van der Waals surface area contributed by atoms with Crippen molar-refractivity contribution >= 4 is 0 Å². The Labute approximate surface area is 122 Å². The van der Waals surface area contributed by atoms with Gasteiger partial charge in [0.25, 0.3) is 0 Å². The average molecular weight is 282 g/mol. The van der Waals surface area contributed by atoms with Crippen LogP contribution in [0.5, 0.6) is 0 Å². The van der Waals surface area contributed by atoms with E-state index in [-0.39, 0.29) is 11.5 Å². The average Bonchev–Trinajstić information content (AvgIpc) is 2.87. The van der Waals surface area contributed by atoms with Crippen molar-refractivity contribution in [3.8, 4) is 0 Å². The molecule has 116 valence electrons. The van der Waals surface area contributed by atoms with Crippen LogP contribution in [0.4, 0.5) is 0 Å². The fourth-order valence-corrected chi connectivity index (χ4v) is 2.70. The first-order chi connectivity index (χ1) is 9.79. The zero-order valence-electron chi connectivity index (χ0n) is 13.1. The summed E-state index contributed by atoms with van der Waals surface area (Å²) >= 11 is 0. The highest BCUT2D eigenvalue weighted by atomic mass is 16.6. The lowest BCUT2D eigenvalue weighted by molar-refractivity contribution is 0.296. The van der Waals surface area contributed by atoms with Gasteiger partial charge in [0, 0.05) is 5.92 Å². The molecule has 20 heavy (non-hydrogen) atoms. The summed E-state index contributed by atoms with van der Waals surface area (Å²) in [6, 6.07) is 0. The van der Waals surface area contributed by atoms with Crippen molar-refractivity contribution in [2.45, 2.75) is 90.4 Å². The van der Waals surface area contributed by atoms with E-state index in [2.05, 4.69) is 24.2 Å². The normalized spacial score (nSPS) is 12.7. The van der Waals surface area contributed by atoms with E-state index in [4.69, 9.17) is 4.63 Å². The number of H-pyrrole nitrogens is 1. The number of rotatable bonds is 12. The molecule has 1 N–H and O–H groups in total. The zero-order valence-corrected chi connectivity index (χ0v) is 13.1. The molecule has 4 nitrogen and oxygen atoms in total. The van der Waals surface area contributed by atoms with E-state index in [1.54, 1.807) is 0 Å². The Hall–Kier alpha value is -1.06. The second-order valence-electron chi connectivity index (χ2n) is 5.75. The standard InChI is InChI=1S/C16H30N2O2/c1-3-5-7-9-11-13-14(12-10-8-6-4-2)15-16(19)18-20-17-15/h14H,3-13H2,1-2H3,(H,18,19). The Morgan fingerprint density at radius 3 is 2.00 bits per heavy atom.